The van der Waals surface area contributed by atoms with E-state index in [1.54, 1.807) is 67.4 Å². The molecule has 1 aliphatic heterocycles. The van der Waals surface area contributed by atoms with Crippen LogP contribution in [-0.4, -0.2) is 39.8 Å². The highest BCUT2D eigenvalue weighted by Crippen LogP contribution is 2.45. The molecule has 0 aliphatic carbocycles. The zero-order chi connectivity index (χ0) is 27.6. The molecule has 0 atom stereocenters. The fourth-order valence-electron chi connectivity index (χ4n) is 4.80. The second kappa shape index (κ2) is 11.3. The normalized spacial score (nSPS) is 14.9. The second-order valence-corrected chi connectivity index (χ2v) is 10.7. The second-order valence-electron chi connectivity index (χ2n) is 9.84. The first-order chi connectivity index (χ1) is 18.7. The van der Waals surface area contributed by atoms with Crippen LogP contribution in [0.4, 0.5) is 19.0 Å². The van der Waals surface area contributed by atoms with Crippen LogP contribution in [0, 0.1) is 6.92 Å². The maximum atomic E-state index is 14.6. The molecule has 0 bridgehead atoms. The van der Waals surface area contributed by atoms with Crippen LogP contribution >= 0.6 is 11.9 Å². The summed E-state index contributed by atoms with van der Waals surface area (Å²) in [6.07, 6.45) is 0.884. The van der Waals surface area contributed by atoms with Gasteiger partial charge in [-0.15, -0.1) is 0 Å². The Kier molecular flexibility index (Phi) is 7.86. The van der Waals surface area contributed by atoms with E-state index in [2.05, 4.69) is 26.8 Å². The van der Waals surface area contributed by atoms with E-state index in [1.807, 2.05) is 12.1 Å². The number of benzene rings is 2. The highest BCUT2D eigenvalue weighted by atomic mass is 32.2. The predicted octanol–water partition coefficient (Wildman–Crippen LogP) is 7.53. The summed E-state index contributed by atoms with van der Waals surface area (Å²) in [6.45, 7) is 3.83. The minimum atomic E-state index is -4.69. The van der Waals surface area contributed by atoms with E-state index < -0.39 is 11.7 Å². The molecule has 2 aromatic heterocycles. The van der Waals surface area contributed by atoms with Crippen molar-refractivity contribution in [3.8, 4) is 22.8 Å². The van der Waals surface area contributed by atoms with Crippen LogP contribution in [0.25, 0.3) is 11.3 Å². The smallest absolute Gasteiger partial charge is 0.422 e. The first-order valence-electron chi connectivity index (χ1n) is 12.7. The summed E-state index contributed by atoms with van der Waals surface area (Å²) in [6, 6.07) is 15.6. The summed E-state index contributed by atoms with van der Waals surface area (Å²) in [5, 5.41) is 4.13. The van der Waals surface area contributed by atoms with Crippen molar-refractivity contribution in [2.75, 3.05) is 24.9 Å². The van der Waals surface area contributed by atoms with Gasteiger partial charge < -0.3 is 14.4 Å². The van der Waals surface area contributed by atoms with E-state index in [1.165, 1.54) is 23.6 Å². The maximum absolute atomic E-state index is 14.6. The lowest BCUT2D eigenvalue weighted by molar-refractivity contribution is -0.138. The topological polar surface area (TPSA) is 55.2 Å². The Morgan fingerprint density at radius 1 is 1.03 bits per heavy atom. The van der Waals surface area contributed by atoms with Gasteiger partial charge in [0.15, 0.2) is 0 Å². The number of pyridine rings is 1. The van der Waals surface area contributed by atoms with E-state index in [0.717, 1.165) is 30.8 Å². The lowest BCUT2D eigenvalue weighted by atomic mass is 9.90. The molecule has 3 heterocycles. The highest BCUT2D eigenvalue weighted by Gasteiger charge is 2.39. The van der Waals surface area contributed by atoms with Gasteiger partial charge >= 0.3 is 6.18 Å². The molecule has 1 N–H and O–H groups in total. The molecule has 0 radical (unpaired) electrons. The van der Waals surface area contributed by atoms with E-state index in [0.29, 0.717) is 22.8 Å². The van der Waals surface area contributed by atoms with Crippen molar-refractivity contribution < 1.29 is 17.9 Å². The van der Waals surface area contributed by atoms with Crippen molar-refractivity contribution in [2.45, 2.75) is 36.8 Å². The van der Waals surface area contributed by atoms with Crippen LogP contribution in [0.15, 0.2) is 71.9 Å². The number of halogens is 3. The number of nitrogens with one attached hydrogen (secondary N) is 1. The van der Waals surface area contributed by atoms with Gasteiger partial charge in [0, 0.05) is 24.9 Å². The lowest BCUT2D eigenvalue weighted by Gasteiger charge is -2.29. The SMILES string of the molecule is Cc1ccccc1-c1nc(NSc2cnn(C)c2)cc(Oc2ccc(C3CCN(C)CC3)cc2)c1C(F)(F)F. The molecular weight excluding hydrogens is 523 g/mol. The monoisotopic (exact) mass is 553 g/mol. The number of likely N-dealkylation sites (tertiary alicyclic amines) is 1. The molecule has 5 rings (SSSR count). The van der Waals surface area contributed by atoms with E-state index in [-0.39, 0.29) is 17.3 Å². The van der Waals surface area contributed by atoms with Crippen LogP contribution < -0.4 is 9.46 Å². The molecule has 1 aliphatic rings. The van der Waals surface area contributed by atoms with Crippen molar-refractivity contribution in [1.29, 1.82) is 0 Å². The molecule has 4 aromatic rings. The minimum absolute atomic E-state index is 0.185. The first-order valence-corrected chi connectivity index (χ1v) is 13.5. The first kappa shape index (κ1) is 27.1. The summed E-state index contributed by atoms with van der Waals surface area (Å²) in [5.41, 5.74) is 1.16. The van der Waals surface area contributed by atoms with E-state index in [4.69, 9.17) is 4.74 Å². The Bertz CT molecular complexity index is 1430. The van der Waals surface area contributed by atoms with Gasteiger partial charge in [-0.3, -0.25) is 4.68 Å². The third kappa shape index (κ3) is 6.39. The Balaban J connectivity index is 1.52. The standard InChI is InChI=1S/C29H30F3N5OS/c1-19-6-4-5-7-24(19)28-27(29(30,31)32)25(16-26(34-28)35-39-23-17-33-37(3)18-23)38-22-10-8-20(9-11-22)21-12-14-36(2)15-13-21/h4-11,16-18,21H,12-15H2,1-3H3,(H,34,35). The molecule has 2 aromatic carbocycles. The molecular formula is C29H30F3N5OS. The Morgan fingerprint density at radius 3 is 2.38 bits per heavy atom. The van der Waals surface area contributed by atoms with Gasteiger partial charge in [0.25, 0.3) is 0 Å². The molecule has 0 saturated carbocycles. The zero-order valence-corrected chi connectivity index (χ0v) is 22.8. The van der Waals surface area contributed by atoms with E-state index >= 15 is 0 Å². The van der Waals surface area contributed by atoms with Crippen molar-refractivity contribution in [3.05, 3.63) is 83.7 Å². The third-order valence-corrected chi connectivity index (χ3v) is 7.68. The van der Waals surface area contributed by atoms with Crippen LogP contribution in [0.2, 0.25) is 0 Å². The quantitative estimate of drug-likeness (QED) is 0.239. The molecule has 1 fully saturated rings. The van der Waals surface area contributed by atoms with Gasteiger partial charge in [-0.2, -0.15) is 18.3 Å². The number of alkyl halides is 3. The van der Waals surface area contributed by atoms with Crippen molar-refractivity contribution in [3.63, 3.8) is 0 Å². The Labute approximate surface area is 230 Å². The molecule has 10 heteroatoms. The average Bonchev–Trinajstić information content (AvgIpc) is 3.33. The number of hydrogen-bond acceptors (Lipinski definition) is 6. The number of hydrogen-bond donors (Lipinski definition) is 1. The number of anilines is 1. The number of piperidine rings is 1. The van der Waals surface area contributed by atoms with Crippen molar-refractivity contribution in [2.24, 2.45) is 7.05 Å². The number of aryl methyl sites for hydroxylation is 2. The number of nitrogens with zero attached hydrogens (tertiary/aromatic N) is 4. The van der Waals surface area contributed by atoms with Crippen LogP contribution in [0.3, 0.4) is 0 Å². The molecule has 0 amide bonds. The number of ether oxygens (including phenoxy) is 1. The molecule has 1 saturated heterocycles. The Hall–Kier alpha value is -3.50. The van der Waals surface area contributed by atoms with Crippen molar-refractivity contribution >= 4 is 17.8 Å². The van der Waals surface area contributed by atoms with Crippen molar-refractivity contribution in [1.82, 2.24) is 19.7 Å². The van der Waals surface area contributed by atoms with Gasteiger partial charge in [0.1, 0.15) is 22.9 Å². The highest BCUT2D eigenvalue weighted by molar-refractivity contribution is 8.00. The van der Waals surface area contributed by atoms with Crippen LogP contribution in [-0.2, 0) is 13.2 Å². The molecule has 6 nitrogen and oxygen atoms in total. The largest absolute Gasteiger partial charge is 0.457 e. The predicted molar refractivity (Wildman–Crippen MR) is 148 cm³/mol. The van der Waals surface area contributed by atoms with Gasteiger partial charge in [-0.25, -0.2) is 4.98 Å². The summed E-state index contributed by atoms with van der Waals surface area (Å²) < 4.78 is 54.4. The molecule has 39 heavy (non-hydrogen) atoms. The molecule has 0 spiro atoms. The summed E-state index contributed by atoms with van der Waals surface area (Å²) >= 11 is 1.21. The molecule has 0 unspecified atom stereocenters. The fraction of sp³-hybridized carbons (Fsp3) is 0.310. The number of rotatable bonds is 7. The zero-order valence-electron chi connectivity index (χ0n) is 22.0. The maximum Gasteiger partial charge on any atom is 0.422 e. The lowest BCUT2D eigenvalue weighted by Crippen LogP contribution is -2.29. The third-order valence-electron chi connectivity index (χ3n) is 6.92. The van der Waals surface area contributed by atoms with E-state index in [9.17, 15) is 13.2 Å². The van der Waals surface area contributed by atoms with Crippen LogP contribution in [0.1, 0.15) is 35.4 Å². The molecule has 204 valence electrons. The van der Waals surface area contributed by atoms with Gasteiger partial charge in [0.05, 0.1) is 16.8 Å². The van der Waals surface area contributed by atoms with Gasteiger partial charge in [-0.05, 0) is 81.0 Å². The summed E-state index contributed by atoms with van der Waals surface area (Å²) in [5.74, 6) is 0.713. The van der Waals surface area contributed by atoms with Gasteiger partial charge in [0.2, 0.25) is 0 Å². The minimum Gasteiger partial charge on any atom is -0.457 e. The average molecular weight is 554 g/mol. The summed E-state index contributed by atoms with van der Waals surface area (Å²) in [4.78, 5) is 7.51. The Morgan fingerprint density at radius 2 is 1.74 bits per heavy atom. The number of aromatic nitrogens is 3. The van der Waals surface area contributed by atoms with Crippen LogP contribution in [0.5, 0.6) is 11.5 Å². The summed E-state index contributed by atoms with van der Waals surface area (Å²) in [7, 11) is 3.91. The fourth-order valence-corrected chi connectivity index (χ4v) is 5.43. The van der Waals surface area contributed by atoms with Gasteiger partial charge in [-0.1, -0.05) is 36.4 Å².